The van der Waals surface area contributed by atoms with Crippen LogP contribution in [0.2, 0.25) is 0 Å². The molecule has 2 aromatic heterocycles. The van der Waals surface area contributed by atoms with Gasteiger partial charge in [0.05, 0.1) is 11.4 Å². The zero-order valence-corrected chi connectivity index (χ0v) is 8.66. The van der Waals surface area contributed by atoms with Gasteiger partial charge in [0.2, 0.25) is 0 Å². The average molecular weight is 205 g/mol. The minimum Gasteiger partial charge on any atom is -0.323 e. The first-order chi connectivity index (χ1) is 6.77. The largest absolute Gasteiger partial charge is 0.323 e. The topological polar surface area (TPSA) is 51.8 Å². The normalized spacial score (nSPS) is 12.7. The number of thiazole rings is 1. The highest BCUT2D eigenvalue weighted by Gasteiger charge is 2.07. The first-order valence-electron chi connectivity index (χ1n) is 4.40. The maximum atomic E-state index is 5.73. The molecule has 2 rings (SSSR count). The standard InChI is InChI=1S/C10H11N3S/c1-7(11)9-6-14-10(13-9)8-4-2-3-5-12-8/h2-7H,11H2,1H3. The second-order valence-electron chi connectivity index (χ2n) is 3.08. The van der Waals surface area contributed by atoms with Crippen molar-refractivity contribution in [3.05, 3.63) is 35.5 Å². The lowest BCUT2D eigenvalue weighted by molar-refractivity contribution is 0.790. The van der Waals surface area contributed by atoms with E-state index in [1.54, 1.807) is 17.5 Å². The van der Waals surface area contributed by atoms with Crippen molar-refractivity contribution in [2.75, 3.05) is 0 Å². The van der Waals surface area contributed by atoms with Gasteiger partial charge in [0.1, 0.15) is 5.01 Å². The SMILES string of the molecule is CC(N)c1csc(-c2ccccn2)n1. The highest BCUT2D eigenvalue weighted by atomic mass is 32.1. The minimum absolute atomic E-state index is 0.0105. The van der Waals surface area contributed by atoms with Crippen LogP contribution in [0.1, 0.15) is 18.7 Å². The van der Waals surface area contributed by atoms with E-state index in [0.29, 0.717) is 0 Å². The quantitative estimate of drug-likeness (QED) is 0.818. The fraction of sp³-hybridized carbons (Fsp3) is 0.200. The summed E-state index contributed by atoms with van der Waals surface area (Å²) in [7, 11) is 0. The smallest absolute Gasteiger partial charge is 0.142 e. The van der Waals surface area contributed by atoms with Gasteiger partial charge in [-0.1, -0.05) is 6.07 Å². The minimum atomic E-state index is -0.0105. The van der Waals surface area contributed by atoms with Gasteiger partial charge in [0.25, 0.3) is 0 Å². The summed E-state index contributed by atoms with van der Waals surface area (Å²) in [6.07, 6.45) is 1.77. The summed E-state index contributed by atoms with van der Waals surface area (Å²) in [5.41, 5.74) is 7.56. The molecule has 2 aromatic rings. The number of aromatic nitrogens is 2. The monoisotopic (exact) mass is 205 g/mol. The molecule has 1 unspecified atom stereocenters. The van der Waals surface area contributed by atoms with E-state index in [1.165, 1.54) is 0 Å². The third-order valence-electron chi connectivity index (χ3n) is 1.87. The lowest BCUT2D eigenvalue weighted by Gasteiger charge is -1.97. The third kappa shape index (κ3) is 1.81. The molecule has 0 fully saturated rings. The fourth-order valence-corrected chi connectivity index (χ4v) is 2.00. The van der Waals surface area contributed by atoms with Gasteiger partial charge in [0, 0.05) is 17.6 Å². The third-order valence-corrected chi connectivity index (χ3v) is 2.76. The van der Waals surface area contributed by atoms with Crippen molar-refractivity contribution in [1.82, 2.24) is 9.97 Å². The van der Waals surface area contributed by atoms with Gasteiger partial charge in [0.15, 0.2) is 0 Å². The van der Waals surface area contributed by atoms with Crippen molar-refractivity contribution in [3.63, 3.8) is 0 Å². The summed E-state index contributed by atoms with van der Waals surface area (Å²) in [5.74, 6) is 0. The van der Waals surface area contributed by atoms with E-state index in [9.17, 15) is 0 Å². The van der Waals surface area contributed by atoms with Gasteiger partial charge in [-0.25, -0.2) is 4.98 Å². The van der Waals surface area contributed by atoms with Gasteiger partial charge < -0.3 is 5.73 Å². The van der Waals surface area contributed by atoms with Crippen molar-refractivity contribution in [1.29, 1.82) is 0 Å². The van der Waals surface area contributed by atoms with E-state index >= 15 is 0 Å². The van der Waals surface area contributed by atoms with Crippen LogP contribution in [-0.4, -0.2) is 9.97 Å². The van der Waals surface area contributed by atoms with Crippen LogP contribution in [0.15, 0.2) is 29.8 Å². The van der Waals surface area contributed by atoms with E-state index in [0.717, 1.165) is 16.4 Å². The lowest BCUT2D eigenvalue weighted by Crippen LogP contribution is -2.04. The predicted octanol–water partition coefficient (Wildman–Crippen LogP) is 2.22. The van der Waals surface area contributed by atoms with Crippen LogP contribution in [-0.2, 0) is 0 Å². The fourth-order valence-electron chi connectivity index (χ4n) is 1.10. The van der Waals surface area contributed by atoms with Crippen LogP contribution in [0.5, 0.6) is 0 Å². The van der Waals surface area contributed by atoms with Gasteiger partial charge >= 0.3 is 0 Å². The number of pyridine rings is 1. The molecule has 1 atom stereocenters. The molecule has 0 amide bonds. The number of nitrogens with two attached hydrogens (primary N) is 1. The van der Waals surface area contributed by atoms with Crippen LogP contribution in [0.25, 0.3) is 10.7 Å². The highest BCUT2D eigenvalue weighted by molar-refractivity contribution is 7.13. The predicted molar refractivity (Wildman–Crippen MR) is 57.9 cm³/mol. The van der Waals surface area contributed by atoms with Crippen LogP contribution >= 0.6 is 11.3 Å². The molecule has 0 aliphatic heterocycles. The number of hydrogen-bond donors (Lipinski definition) is 1. The van der Waals surface area contributed by atoms with Crippen LogP contribution < -0.4 is 5.73 Å². The first-order valence-corrected chi connectivity index (χ1v) is 5.28. The Hall–Kier alpha value is -1.26. The van der Waals surface area contributed by atoms with E-state index in [-0.39, 0.29) is 6.04 Å². The molecule has 0 spiro atoms. The molecule has 2 heterocycles. The van der Waals surface area contributed by atoms with Crippen molar-refractivity contribution >= 4 is 11.3 Å². The second-order valence-corrected chi connectivity index (χ2v) is 3.94. The first kappa shape index (κ1) is 9.30. The van der Waals surface area contributed by atoms with Crippen molar-refractivity contribution < 1.29 is 0 Å². The lowest BCUT2D eigenvalue weighted by atomic mass is 10.3. The molecule has 2 N–H and O–H groups in total. The molecule has 3 nitrogen and oxygen atoms in total. The van der Waals surface area contributed by atoms with Crippen molar-refractivity contribution in [2.45, 2.75) is 13.0 Å². The Morgan fingerprint density at radius 1 is 1.43 bits per heavy atom. The molecule has 72 valence electrons. The van der Waals surface area contributed by atoms with Crippen LogP contribution in [0.4, 0.5) is 0 Å². The van der Waals surface area contributed by atoms with E-state index in [2.05, 4.69) is 9.97 Å². The molecule has 4 heteroatoms. The summed E-state index contributed by atoms with van der Waals surface area (Å²) in [4.78, 5) is 8.64. The molecule has 0 aromatic carbocycles. The molecule has 0 aliphatic carbocycles. The van der Waals surface area contributed by atoms with Crippen LogP contribution in [0, 0.1) is 0 Å². The van der Waals surface area contributed by atoms with E-state index in [4.69, 9.17) is 5.73 Å². The Labute approximate surface area is 86.6 Å². The van der Waals surface area contributed by atoms with Gasteiger partial charge in [-0.2, -0.15) is 0 Å². The highest BCUT2D eigenvalue weighted by Crippen LogP contribution is 2.23. The van der Waals surface area contributed by atoms with E-state index in [1.807, 2.05) is 30.5 Å². The maximum Gasteiger partial charge on any atom is 0.142 e. The second kappa shape index (κ2) is 3.86. The Morgan fingerprint density at radius 2 is 2.29 bits per heavy atom. The molecule has 0 aliphatic rings. The van der Waals surface area contributed by atoms with Crippen molar-refractivity contribution in [3.8, 4) is 10.7 Å². The maximum absolute atomic E-state index is 5.73. The summed E-state index contributed by atoms with van der Waals surface area (Å²) in [5, 5.41) is 2.91. The molecule has 0 saturated heterocycles. The summed E-state index contributed by atoms with van der Waals surface area (Å²) in [6.45, 7) is 1.93. The Kier molecular flexibility index (Phi) is 2.56. The number of hydrogen-bond acceptors (Lipinski definition) is 4. The van der Waals surface area contributed by atoms with Crippen LogP contribution in [0.3, 0.4) is 0 Å². The Morgan fingerprint density at radius 3 is 2.86 bits per heavy atom. The molecular weight excluding hydrogens is 194 g/mol. The molecule has 0 saturated carbocycles. The zero-order chi connectivity index (χ0) is 9.97. The summed E-state index contributed by atoms with van der Waals surface area (Å²) < 4.78 is 0. The van der Waals surface area contributed by atoms with Gasteiger partial charge in [-0.3, -0.25) is 4.98 Å². The number of rotatable bonds is 2. The Balaban J connectivity index is 2.34. The summed E-state index contributed by atoms with van der Waals surface area (Å²) >= 11 is 1.58. The van der Waals surface area contributed by atoms with E-state index < -0.39 is 0 Å². The summed E-state index contributed by atoms with van der Waals surface area (Å²) in [6, 6.07) is 5.78. The van der Waals surface area contributed by atoms with Gasteiger partial charge in [-0.05, 0) is 19.1 Å². The zero-order valence-electron chi connectivity index (χ0n) is 7.84. The molecule has 14 heavy (non-hydrogen) atoms. The molecular formula is C10H11N3S. The van der Waals surface area contributed by atoms with Gasteiger partial charge in [-0.15, -0.1) is 11.3 Å². The number of nitrogens with zero attached hydrogens (tertiary/aromatic N) is 2. The molecule has 0 radical (unpaired) electrons. The molecule has 0 bridgehead atoms. The van der Waals surface area contributed by atoms with Crippen molar-refractivity contribution in [2.24, 2.45) is 5.73 Å². The average Bonchev–Trinajstić information content (AvgIpc) is 2.68. The Bertz CT molecular complexity index is 408.